The van der Waals surface area contributed by atoms with Crippen molar-refractivity contribution in [1.29, 1.82) is 0 Å². The van der Waals surface area contributed by atoms with E-state index < -0.39 is 5.41 Å². The molecular weight excluding hydrogens is 404 g/mol. The van der Waals surface area contributed by atoms with Gasteiger partial charge in [0, 0.05) is 31.4 Å². The van der Waals surface area contributed by atoms with Crippen LogP contribution in [-0.4, -0.2) is 36.9 Å². The van der Waals surface area contributed by atoms with Crippen LogP contribution in [0.15, 0.2) is 72.1 Å². The molecule has 0 saturated carbocycles. The Hall–Kier alpha value is -2.92. The van der Waals surface area contributed by atoms with E-state index in [9.17, 15) is 9.59 Å². The number of hydrogen-bond donors (Lipinski definition) is 1. The number of rotatable bonds is 7. The highest BCUT2D eigenvalue weighted by Crippen LogP contribution is 2.36. The van der Waals surface area contributed by atoms with Gasteiger partial charge in [0.2, 0.25) is 11.8 Å². The lowest BCUT2D eigenvalue weighted by Crippen LogP contribution is -2.44. The predicted octanol–water partition coefficient (Wildman–Crippen LogP) is 4.56. The van der Waals surface area contributed by atoms with E-state index in [1.165, 1.54) is 16.0 Å². The summed E-state index contributed by atoms with van der Waals surface area (Å²) < 4.78 is 0. The van der Waals surface area contributed by atoms with Crippen molar-refractivity contribution in [3.8, 4) is 10.4 Å². The van der Waals surface area contributed by atoms with Gasteiger partial charge in [0.1, 0.15) is 0 Å². The van der Waals surface area contributed by atoms with Crippen LogP contribution in [0.5, 0.6) is 0 Å². The zero-order valence-electron chi connectivity index (χ0n) is 17.8. The summed E-state index contributed by atoms with van der Waals surface area (Å²) in [7, 11) is 1.68. The predicted molar refractivity (Wildman–Crippen MR) is 126 cm³/mol. The van der Waals surface area contributed by atoms with Crippen LogP contribution in [0, 0.1) is 5.41 Å². The van der Waals surface area contributed by atoms with Crippen molar-refractivity contribution in [2.24, 2.45) is 5.41 Å². The summed E-state index contributed by atoms with van der Waals surface area (Å²) >= 11 is 1.72. The Morgan fingerprint density at radius 1 is 1.00 bits per heavy atom. The zero-order valence-corrected chi connectivity index (χ0v) is 18.7. The van der Waals surface area contributed by atoms with Crippen molar-refractivity contribution < 1.29 is 9.59 Å². The topological polar surface area (TPSA) is 49.4 Å². The first kappa shape index (κ1) is 21.3. The molecule has 2 aromatic carbocycles. The summed E-state index contributed by atoms with van der Waals surface area (Å²) in [6.07, 6.45) is 2.53. The van der Waals surface area contributed by atoms with Gasteiger partial charge in [-0.2, -0.15) is 0 Å². The summed E-state index contributed by atoms with van der Waals surface area (Å²) in [4.78, 5) is 28.8. The molecule has 1 aromatic heterocycles. The SMILES string of the molecule is CNC(=O)[C@]1(Cc2ccc(-c3cccs3)cc2)CCN(C(=O)CCc2ccccc2)C1. The second-order valence-electron chi connectivity index (χ2n) is 8.26. The van der Waals surface area contributed by atoms with E-state index in [1.807, 2.05) is 35.2 Å². The number of aryl methyl sites for hydroxylation is 1. The molecule has 4 nitrogen and oxygen atoms in total. The van der Waals surface area contributed by atoms with Crippen molar-refractivity contribution >= 4 is 23.2 Å². The van der Waals surface area contributed by atoms with Gasteiger partial charge in [-0.25, -0.2) is 0 Å². The molecule has 0 spiro atoms. The molecule has 0 aliphatic carbocycles. The Kier molecular flexibility index (Phi) is 6.52. The lowest BCUT2D eigenvalue weighted by Gasteiger charge is -2.28. The minimum Gasteiger partial charge on any atom is -0.359 e. The maximum absolute atomic E-state index is 12.9. The Morgan fingerprint density at radius 2 is 1.77 bits per heavy atom. The normalized spacial score (nSPS) is 18.2. The van der Waals surface area contributed by atoms with E-state index in [0.29, 0.717) is 32.4 Å². The molecule has 0 radical (unpaired) electrons. The summed E-state index contributed by atoms with van der Waals surface area (Å²) in [5, 5.41) is 4.92. The Morgan fingerprint density at radius 3 is 2.45 bits per heavy atom. The van der Waals surface area contributed by atoms with Crippen molar-refractivity contribution in [2.45, 2.75) is 25.7 Å². The fourth-order valence-electron chi connectivity index (χ4n) is 4.43. The molecule has 0 unspecified atom stereocenters. The van der Waals surface area contributed by atoms with Crippen molar-refractivity contribution in [2.75, 3.05) is 20.1 Å². The first-order valence-electron chi connectivity index (χ1n) is 10.8. The van der Waals surface area contributed by atoms with Crippen LogP contribution in [-0.2, 0) is 22.4 Å². The van der Waals surface area contributed by atoms with Crippen molar-refractivity contribution in [3.05, 3.63) is 83.2 Å². The van der Waals surface area contributed by atoms with Crippen LogP contribution < -0.4 is 5.32 Å². The Balaban J connectivity index is 1.43. The molecule has 1 fully saturated rings. The molecule has 1 N–H and O–H groups in total. The molecule has 1 atom stereocenters. The first-order valence-corrected chi connectivity index (χ1v) is 11.6. The van der Waals surface area contributed by atoms with Crippen LogP contribution in [0.25, 0.3) is 10.4 Å². The third-order valence-corrected chi connectivity index (χ3v) is 7.11. The number of carbonyl (C=O) groups is 2. The number of thiophene rings is 1. The third kappa shape index (κ3) is 4.88. The molecule has 0 bridgehead atoms. The summed E-state index contributed by atoms with van der Waals surface area (Å²) in [6.45, 7) is 1.11. The fourth-order valence-corrected chi connectivity index (χ4v) is 5.17. The standard InChI is InChI=1S/C26H28N2O2S/c1-27-25(30)26(18-21-9-12-22(13-10-21)23-8-5-17-31-23)15-16-28(19-26)24(29)14-11-20-6-3-2-4-7-20/h2-10,12-13,17H,11,14-16,18-19H2,1H3,(H,27,30)/t26-/m0/s1. The molecule has 1 aliphatic rings. The van der Waals surface area contributed by atoms with Gasteiger partial charge in [0.05, 0.1) is 5.41 Å². The molecule has 1 saturated heterocycles. The minimum absolute atomic E-state index is 0.0215. The Bertz CT molecular complexity index is 1020. The van der Waals surface area contributed by atoms with Gasteiger partial charge >= 0.3 is 0 Å². The van der Waals surface area contributed by atoms with Gasteiger partial charge in [-0.05, 0) is 47.4 Å². The van der Waals surface area contributed by atoms with E-state index in [1.54, 1.807) is 18.4 Å². The van der Waals surface area contributed by atoms with E-state index in [-0.39, 0.29) is 11.8 Å². The number of carbonyl (C=O) groups excluding carboxylic acids is 2. The summed E-state index contributed by atoms with van der Waals surface area (Å²) in [6, 6.07) is 22.7. The van der Waals surface area contributed by atoms with E-state index >= 15 is 0 Å². The maximum atomic E-state index is 12.9. The second-order valence-corrected chi connectivity index (χ2v) is 9.21. The van der Waals surface area contributed by atoms with Crippen LogP contribution in [0.2, 0.25) is 0 Å². The highest BCUT2D eigenvalue weighted by molar-refractivity contribution is 7.13. The highest BCUT2D eigenvalue weighted by Gasteiger charge is 2.45. The summed E-state index contributed by atoms with van der Waals surface area (Å²) in [5.74, 6) is 0.149. The fraction of sp³-hybridized carbons (Fsp3) is 0.308. The molecular formula is C26H28N2O2S. The van der Waals surface area contributed by atoms with Gasteiger partial charge in [-0.1, -0.05) is 60.7 Å². The lowest BCUT2D eigenvalue weighted by atomic mass is 9.79. The molecule has 3 aromatic rings. The van der Waals surface area contributed by atoms with Gasteiger partial charge in [-0.15, -0.1) is 11.3 Å². The summed E-state index contributed by atoms with van der Waals surface area (Å²) in [5.41, 5.74) is 2.92. The monoisotopic (exact) mass is 432 g/mol. The van der Waals surface area contributed by atoms with Crippen LogP contribution in [0.4, 0.5) is 0 Å². The van der Waals surface area contributed by atoms with E-state index in [4.69, 9.17) is 0 Å². The molecule has 2 amide bonds. The number of nitrogens with zero attached hydrogens (tertiary/aromatic N) is 1. The van der Waals surface area contributed by atoms with Crippen LogP contribution in [0.3, 0.4) is 0 Å². The molecule has 160 valence electrons. The first-order chi connectivity index (χ1) is 15.1. The number of nitrogens with one attached hydrogen (secondary N) is 1. The zero-order chi connectivity index (χ0) is 21.7. The average molecular weight is 433 g/mol. The number of hydrogen-bond acceptors (Lipinski definition) is 3. The third-order valence-electron chi connectivity index (χ3n) is 6.19. The highest BCUT2D eigenvalue weighted by atomic mass is 32.1. The van der Waals surface area contributed by atoms with Gasteiger partial charge in [0.25, 0.3) is 0 Å². The smallest absolute Gasteiger partial charge is 0.228 e. The number of likely N-dealkylation sites (tertiary alicyclic amines) is 1. The Labute approximate surface area is 187 Å². The number of benzene rings is 2. The average Bonchev–Trinajstić information content (AvgIpc) is 3.49. The van der Waals surface area contributed by atoms with Gasteiger partial charge in [0.15, 0.2) is 0 Å². The molecule has 5 heteroatoms. The second kappa shape index (κ2) is 9.48. The van der Waals surface area contributed by atoms with Crippen molar-refractivity contribution in [1.82, 2.24) is 10.2 Å². The van der Waals surface area contributed by atoms with Crippen LogP contribution in [0.1, 0.15) is 24.0 Å². The number of amides is 2. The molecule has 2 heterocycles. The molecule has 4 rings (SSSR count). The van der Waals surface area contributed by atoms with E-state index in [0.717, 1.165) is 12.0 Å². The van der Waals surface area contributed by atoms with Crippen LogP contribution >= 0.6 is 11.3 Å². The quantitative estimate of drug-likeness (QED) is 0.595. The largest absolute Gasteiger partial charge is 0.359 e. The lowest BCUT2D eigenvalue weighted by molar-refractivity contribution is -0.133. The van der Waals surface area contributed by atoms with E-state index in [2.05, 4.69) is 47.1 Å². The maximum Gasteiger partial charge on any atom is 0.228 e. The van der Waals surface area contributed by atoms with Gasteiger partial charge in [-0.3, -0.25) is 9.59 Å². The molecule has 1 aliphatic heterocycles. The van der Waals surface area contributed by atoms with Crippen molar-refractivity contribution in [3.63, 3.8) is 0 Å². The minimum atomic E-state index is -0.568. The van der Waals surface area contributed by atoms with Gasteiger partial charge < -0.3 is 10.2 Å². The molecule has 31 heavy (non-hydrogen) atoms.